The van der Waals surface area contributed by atoms with Crippen molar-refractivity contribution in [2.75, 3.05) is 24.7 Å². The summed E-state index contributed by atoms with van der Waals surface area (Å²) in [5.41, 5.74) is -0.658. The predicted octanol–water partition coefficient (Wildman–Crippen LogP) is 3.50. The van der Waals surface area contributed by atoms with Gasteiger partial charge in [0.05, 0.1) is 0 Å². The van der Waals surface area contributed by atoms with Gasteiger partial charge in [-0.25, -0.2) is 4.98 Å². The summed E-state index contributed by atoms with van der Waals surface area (Å²) in [7, 11) is 0. The van der Waals surface area contributed by atoms with Gasteiger partial charge in [-0.1, -0.05) is 6.07 Å². The summed E-state index contributed by atoms with van der Waals surface area (Å²) < 4.78 is 43.8. The fourth-order valence-electron chi connectivity index (χ4n) is 3.58. The second-order valence-electron chi connectivity index (χ2n) is 5.97. The molecule has 2 fully saturated rings. The molecule has 0 unspecified atom stereocenters. The highest BCUT2D eigenvalue weighted by atomic mass is 19.4. The third-order valence-electron chi connectivity index (χ3n) is 5.01. The summed E-state index contributed by atoms with van der Waals surface area (Å²) >= 11 is 0. The Morgan fingerprint density at radius 2 is 1.95 bits per heavy atom. The van der Waals surface area contributed by atoms with Crippen LogP contribution < -0.4 is 4.90 Å². The molecule has 1 aromatic rings. The fraction of sp³-hybridized carbons (Fsp3) is 0.667. The first kappa shape index (κ1) is 14.6. The normalized spacial score (nSPS) is 25.5. The van der Waals surface area contributed by atoms with E-state index in [1.54, 1.807) is 6.07 Å². The van der Waals surface area contributed by atoms with E-state index in [0.29, 0.717) is 5.82 Å². The quantitative estimate of drug-likeness (QED) is 0.794. The molecular formula is C15H19F3N2O. The molecule has 0 radical (unpaired) electrons. The van der Waals surface area contributed by atoms with Gasteiger partial charge >= 0.3 is 6.18 Å². The molecule has 2 aliphatic heterocycles. The molecule has 0 amide bonds. The molecule has 6 heteroatoms. The molecule has 0 aromatic carbocycles. The van der Waals surface area contributed by atoms with Gasteiger partial charge in [-0.05, 0) is 43.7 Å². The molecule has 3 rings (SSSR count). The maximum atomic E-state index is 12.8. The zero-order valence-corrected chi connectivity index (χ0v) is 12.0. The van der Waals surface area contributed by atoms with Gasteiger partial charge in [0.1, 0.15) is 11.5 Å². The van der Waals surface area contributed by atoms with Crippen LogP contribution in [0.3, 0.4) is 0 Å². The topological polar surface area (TPSA) is 25.4 Å². The Hall–Kier alpha value is -1.30. The lowest BCUT2D eigenvalue weighted by Gasteiger charge is -2.39. The van der Waals surface area contributed by atoms with Gasteiger partial charge in [0, 0.05) is 25.8 Å². The Bertz CT molecular complexity index is 512. The van der Waals surface area contributed by atoms with Gasteiger partial charge < -0.3 is 9.64 Å². The number of nitrogens with zero attached hydrogens (tertiary/aromatic N) is 2. The molecule has 3 heterocycles. The number of ether oxygens (including phenoxy) is 1. The number of hydrogen-bond acceptors (Lipinski definition) is 3. The van der Waals surface area contributed by atoms with E-state index in [1.165, 1.54) is 6.07 Å². The Balaban J connectivity index is 1.85. The molecule has 0 N–H and O–H groups in total. The second-order valence-corrected chi connectivity index (χ2v) is 5.97. The van der Waals surface area contributed by atoms with Crippen LogP contribution in [0.2, 0.25) is 0 Å². The van der Waals surface area contributed by atoms with Gasteiger partial charge in [0.2, 0.25) is 0 Å². The van der Waals surface area contributed by atoms with Crippen molar-refractivity contribution in [3.63, 3.8) is 0 Å². The summed E-state index contributed by atoms with van der Waals surface area (Å²) in [6.07, 6.45) is -1.45. The van der Waals surface area contributed by atoms with E-state index in [0.717, 1.165) is 45.1 Å². The Morgan fingerprint density at radius 3 is 2.62 bits per heavy atom. The van der Waals surface area contributed by atoms with Crippen LogP contribution in [0, 0.1) is 5.41 Å². The number of anilines is 1. The van der Waals surface area contributed by atoms with Gasteiger partial charge in [0.25, 0.3) is 0 Å². The first-order chi connectivity index (χ1) is 9.92. The van der Waals surface area contributed by atoms with Gasteiger partial charge in [0.15, 0.2) is 0 Å². The maximum Gasteiger partial charge on any atom is 0.433 e. The molecular weight excluding hydrogens is 281 g/mol. The summed E-state index contributed by atoms with van der Waals surface area (Å²) in [6.45, 7) is 4.35. The van der Waals surface area contributed by atoms with E-state index < -0.39 is 11.9 Å². The van der Waals surface area contributed by atoms with E-state index >= 15 is 0 Å². The highest BCUT2D eigenvalue weighted by molar-refractivity contribution is 5.43. The number of hydrogen-bond donors (Lipinski definition) is 0. The zero-order valence-electron chi connectivity index (χ0n) is 12.0. The van der Waals surface area contributed by atoms with E-state index in [-0.39, 0.29) is 11.5 Å². The molecule has 21 heavy (non-hydrogen) atoms. The average Bonchev–Trinajstić information content (AvgIpc) is 2.76. The minimum absolute atomic E-state index is 0.161. The Kier molecular flexibility index (Phi) is 3.59. The van der Waals surface area contributed by atoms with Crippen LogP contribution in [0.25, 0.3) is 0 Å². The van der Waals surface area contributed by atoms with Gasteiger partial charge in [-0.2, -0.15) is 13.2 Å². The molecule has 1 aromatic heterocycles. The number of aromatic nitrogens is 1. The second kappa shape index (κ2) is 5.16. The Labute approximate surface area is 122 Å². The van der Waals surface area contributed by atoms with Crippen molar-refractivity contribution in [1.82, 2.24) is 4.98 Å². The van der Waals surface area contributed by atoms with Gasteiger partial charge in [-0.15, -0.1) is 0 Å². The fourth-order valence-corrected chi connectivity index (χ4v) is 3.58. The van der Waals surface area contributed by atoms with Crippen molar-refractivity contribution in [1.29, 1.82) is 0 Å². The maximum absolute atomic E-state index is 12.8. The van der Waals surface area contributed by atoms with E-state index in [2.05, 4.69) is 11.9 Å². The average molecular weight is 300 g/mol. The molecule has 2 saturated heterocycles. The van der Waals surface area contributed by atoms with Crippen LogP contribution >= 0.6 is 0 Å². The summed E-state index contributed by atoms with van der Waals surface area (Å²) in [6, 6.07) is 4.32. The minimum Gasteiger partial charge on any atom is -0.381 e. The van der Waals surface area contributed by atoms with E-state index in [4.69, 9.17) is 4.74 Å². The monoisotopic (exact) mass is 300 g/mol. The lowest BCUT2D eigenvalue weighted by atomic mass is 9.74. The smallest absolute Gasteiger partial charge is 0.381 e. The van der Waals surface area contributed by atoms with Crippen LogP contribution in [-0.2, 0) is 10.9 Å². The third-order valence-corrected chi connectivity index (χ3v) is 5.01. The largest absolute Gasteiger partial charge is 0.433 e. The summed E-state index contributed by atoms with van der Waals surface area (Å²) in [4.78, 5) is 5.84. The van der Waals surface area contributed by atoms with Crippen molar-refractivity contribution in [3.05, 3.63) is 23.9 Å². The number of halogens is 3. The van der Waals surface area contributed by atoms with Crippen LogP contribution in [0.5, 0.6) is 0 Å². The molecule has 1 spiro atoms. The van der Waals surface area contributed by atoms with Crippen LogP contribution in [0.4, 0.5) is 19.0 Å². The van der Waals surface area contributed by atoms with Crippen LogP contribution in [0.1, 0.15) is 31.9 Å². The highest BCUT2D eigenvalue weighted by Gasteiger charge is 2.46. The summed E-state index contributed by atoms with van der Waals surface area (Å²) in [5, 5.41) is 0. The van der Waals surface area contributed by atoms with Crippen LogP contribution in [-0.4, -0.2) is 30.8 Å². The predicted molar refractivity (Wildman–Crippen MR) is 73.2 cm³/mol. The number of rotatable bonds is 1. The van der Waals surface area contributed by atoms with Crippen molar-refractivity contribution >= 4 is 5.82 Å². The standard InChI is InChI=1S/C15H19F3N2O/c1-11-14(6-9-21-10-7-14)5-8-20(11)13-4-2-3-12(19-13)15(16,17)18/h2-4,11H,5-10H2,1H3/t11-/m0/s1. The first-order valence-corrected chi connectivity index (χ1v) is 7.31. The number of pyridine rings is 1. The third kappa shape index (κ3) is 2.61. The van der Waals surface area contributed by atoms with E-state index in [1.807, 2.05) is 4.90 Å². The molecule has 3 nitrogen and oxygen atoms in total. The highest BCUT2D eigenvalue weighted by Crippen LogP contribution is 2.46. The molecule has 0 saturated carbocycles. The van der Waals surface area contributed by atoms with Gasteiger partial charge in [-0.3, -0.25) is 0 Å². The minimum atomic E-state index is -4.39. The summed E-state index contributed by atoms with van der Waals surface area (Å²) in [5.74, 6) is 0.431. The zero-order chi connectivity index (χ0) is 15.1. The van der Waals surface area contributed by atoms with Crippen molar-refractivity contribution < 1.29 is 17.9 Å². The van der Waals surface area contributed by atoms with Crippen molar-refractivity contribution in [2.24, 2.45) is 5.41 Å². The SMILES string of the molecule is C[C@@H]1N(c2cccc(C(F)(F)F)n2)CCC12CCOCC2. The lowest BCUT2D eigenvalue weighted by molar-refractivity contribution is -0.141. The molecule has 0 bridgehead atoms. The number of alkyl halides is 3. The van der Waals surface area contributed by atoms with E-state index in [9.17, 15) is 13.2 Å². The first-order valence-electron chi connectivity index (χ1n) is 7.31. The molecule has 0 aliphatic carbocycles. The Morgan fingerprint density at radius 1 is 1.24 bits per heavy atom. The van der Waals surface area contributed by atoms with Crippen LogP contribution in [0.15, 0.2) is 18.2 Å². The molecule has 2 aliphatic rings. The lowest BCUT2D eigenvalue weighted by Crippen LogP contribution is -2.41. The van der Waals surface area contributed by atoms with Crippen molar-refractivity contribution in [3.8, 4) is 0 Å². The van der Waals surface area contributed by atoms with Crippen molar-refractivity contribution in [2.45, 2.75) is 38.4 Å². The molecule has 116 valence electrons. The molecule has 1 atom stereocenters.